The highest BCUT2D eigenvalue weighted by Crippen LogP contribution is 2.23. The fraction of sp³-hybridized carbons (Fsp3) is 0.412. The highest BCUT2D eigenvalue weighted by atomic mass is 35.5. The number of aryl methyl sites for hydroxylation is 1. The van der Waals surface area contributed by atoms with Crippen LogP contribution in [0.15, 0.2) is 29.6 Å². The van der Waals surface area contributed by atoms with Crippen molar-refractivity contribution in [3.63, 3.8) is 0 Å². The van der Waals surface area contributed by atoms with Crippen molar-refractivity contribution >= 4 is 29.7 Å². The number of thiazole rings is 1. The molecule has 0 aliphatic heterocycles. The van der Waals surface area contributed by atoms with E-state index in [1.807, 2.05) is 0 Å². The van der Waals surface area contributed by atoms with Gasteiger partial charge in [-0.2, -0.15) is 0 Å². The highest BCUT2D eigenvalue weighted by molar-refractivity contribution is 7.09. The van der Waals surface area contributed by atoms with Crippen molar-refractivity contribution in [3.8, 4) is 0 Å². The van der Waals surface area contributed by atoms with Crippen LogP contribution in [-0.2, 0) is 18.4 Å². The first-order valence-corrected chi connectivity index (χ1v) is 8.36. The van der Waals surface area contributed by atoms with Crippen LogP contribution in [0.5, 0.6) is 0 Å². The summed E-state index contributed by atoms with van der Waals surface area (Å²) >= 11 is 1.41. The van der Waals surface area contributed by atoms with Crippen LogP contribution in [-0.4, -0.2) is 17.4 Å². The fourth-order valence-corrected chi connectivity index (χ4v) is 2.85. The van der Waals surface area contributed by atoms with Gasteiger partial charge in [0.15, 0.2) is 0 Å². The van der Waals surface area contributed by atoms with Gasteiger partial charge in [0.25, 0.3) is 5.91 Å². The molecule has 126 valence electrons. The second kappa shape index (κ2) is 8.43. The molecule has 1 aromatic heterocycles. The Hall–Kier alpha value is -1.43. The Morgan fingerprint density at radius 1 is 1.30 bits per heavy atom. The number of carbonyl (C=O) groups is 1. The van der Waals surface area contributed by atoms with Crippen LogP contribution in [0.1, 0.15) is 47.4 Å². The van der Waals surface area contributed by atoms with Crippen LogP contribution in [0, 0.1) is 0 Å². The van der Waals surface area contributed by atoms with E-state index in [1.54, 1.807) is 5.38 Å². The zero-order valence-corrected chi connectivity index (χ0v) is 15.4. The Labute approximate surface area is 147 Å². The summed E-state index contributed by atoms with van der Waals surface area (Å²) in [6.07, 6.45) is 1.03. The van der Waals surface area contributed by atoms with Gasteiger partial charge in [0.2, 0.25) is 0 Å². The number of hydrogen-bond donors (Lipinski definition) is 2. The van der Waals surface area contributed by atoms with Gasteiger partial charge in [-0.25, -0.2) is 4.98 Å². The Kier molecular flexibility index (Phi) is 7.19. The van der Waals surface area contributed by atoms with E-state index >= 15 is 0 Å². The van der Waals surface area contributed by atoms with E-state index in [0.29, 0.717) is 18.8 Å². The molecule has 1 aromatic carbocycles. The molecule has 0 bridgehead atoms. The first kappa shape index (κ1) is 19.6. The zero-order valence-electron chi connectivity index (χ0n) is 13.8. The maximum Gasteiger partial charge on any atom is 0.270 e. The highest BCUT2D eigenvalue weighted by Gasteiger charge is 2.22. The van der Waals surface area contributed by atoms with Gasteiger partial charge in [0.1, 0.15) is 10.7 Å². The van der Waals surface area contributed by atoms with Crippen molar-refractivity contribution in [2.45, 2.75) is 39.2 Å². The van der Waals surface area contributed by atoms with Gasteiger partial charge in [0, 0.05) is 23.9 Å². The number of nitrogens with two attached hydrogens (primary N) is 1. The lowest BCUT2D eigenvalue weighted by molar-refractivity contribution is 0.0941. The molecule has 6 heteroatoms. The number of carbonyl (C=O) groups excluding carboxylic acids is 1. The van der Waals surface area contributed by atoms with Crippen LogP contribution in [0.4, 0.5) is 0 Å². The number of amides is 1. The lowest BCUT2D eigenvalue weighted by Crippen LogP contribution is -2.36. The van der Waals surface area contributed by atoms with Gasteiger partial charge in [-0.1, -0.05) is 45.0 Å². The quantitative estimate of drug-likeness (QED) is 0.837. The third-order valence-corrected chi connectivity index (χ3v) is 4.66. The van der Waals surface area contributed by atoms with Crippen molar-refractivity contribution in [2.24, 2.45) is 5.73 Å². The van der Waals surface area contributed by atoms with E-state index in [9.17, 15) is 4.79 Å². The molecule has 0 radical (unpaired) electrons. The fourth-order valence-electron chi connectivity index (χ4n) is 2.19. The number of hydrogen-bond acceptors (Lipinski definition) is 4. The Bertz CT molecular complexity index is 638. The summed E-state index contributed by atoms with van der Waals surface area (Å²) in [4.78, 5) is 16.4. The summed E-state index contributed by atoms with van der Waals surface area (Å²) in [6.45, 7) is 7.32. The van der Waals surface area contributed by atoms with Gasteiger partial charge in [0.05, 0.1) is 0 Å². The van der Waals surface area contributed by atoms with Crippen LogP contribution in [0.2, 0.25) is 0 Å². The largest absolute Gasteiger partial charge is 0.350 e. The van der Waals surface area contributed by atoms with Crippen LogP contribution in [0.25, 0.3) is 0 Å². The molecule has 2 aromatic rings. The minimum atomic E-state index is -0.144. The van der Waals surface area contributed by atoms with Crippen molar-refractivity contribution in [1.29, 1.82) is 0 Å². The topological polar surface area (TPSA) is 68.0 Å². The summed E-state index contributed by atoms with van der Waals surface area (Å²) in [5, 5.41) is 5.50. The SMILES string of the molecule is CCc1ccc(C(C)(C)CNC(=O)c2csc(CN)n2)cc1.Cl. The van der Waals surface area contributed by atoms with E-state index in [1.165, 1.54) is 22.5 Å². The molecule has 23 heavy (non-hydrogen) atoms. The van der Waals surface area contributed by atoms with E-state index in [-0.39, 0.29) is 23.7 Å². The van der Waals surface area contributed by atoms with Gasteiger partial charge in [-0.15, -0.1) is 23.7 Å². The molecule has 0 aliphatic rings. The zero-order chi connectivity index (χ0) is 16.2. The third kappa shape index (κ3) is 5.03. The molecule has 0 fully saturated rings. The monoisotopic (exact) mass is 353 g/mol. The molecule has 0 unspecified atom stereocenters. The lowest BCUT2D eigenvalue weighted by atomic mass is 9.84. The minimum Gasteiger partial charge on any atom is -0.350 e. The smallest absolute Gasteiger partial charge is 0.270 e. The first-order valence-electron chi connectivity index (χ1n) is 7.48. The second-order valence-electron chi connectivity index (χ2n) is 5.95. The van der Waals surface area contributed by atoms with E-state index in [0.717, 1.165) is 11.4 Å². The van der Waals surface area contributed by atoms with Gasteiger partial charge in [-0.3, -0.25) is 4.79 Å². The van der Waals surface area contributed by atoms with E-state index in [2.05, 4.69) is 55.3 Å². The average molecular weight is 354 g/mol. The molecular formula is C17H24ClN3OS. The number of nitrogens with zero attached hydrogens (tertiary/aromatic N) is 1. The van der Waals surface area contributed by atoms with Crippen molar-refractivity contribution in [2.75, 3.05) is 6.54 Å². The number of aromatic nitrogens is 1. The Balaban J connectivity index is 0.00000264. The summed E-state index contributed by atoms with van der Waals surface area (Å²) in [6, 6.07) is 8.57. The molecule has 0 aliphatic carbocycles. The molecule has 3 N–H and O–H groups in total. The van der Waals surface area contributed by atoms with Crippen molar-refractivity contribution in [3.05, 3.63) is 51.5 Å². The van der Waals surface area contributed by atoms with Crippen molar-refractivity contribution < 1.29 is 4.79 Å². The molecule has 4 nitrogen and oxygen atoms in total. The van der Waals surface area contributed by atoms with Crippen molar-refractivity contribution in [1.82, 2.24) is 10.3 Å². The Morgan fingerprint density at radius 3 is 2.48 bits per heavy atom. The first-order chi connectivity index (χ1) is 10.5. The summed E-state index contributed by atoms with van der Waals surface area (Å²) in [5.74, 6) is -0.144. The maximum atomic E-state index is 12.1. The summed E-state index contributed by atoms with van der Waals surface area (Å²) in [5.41, 5.74) is 8.37. The average Bonchev–Trinajstić information content (AvgIpc) is 3.02. The second-order valence-corrected chi connectivity index (χ2v) is 6.89. The molecule has 0 spiro atoms. The van der Waals surface area contributed by atoms with E-state index < -0.39 is 0 Å². The molecule has 1 heterocycles. The number of benzene rings is 1. The molecule has 0 atom stereocenters. The van der Waals surface area contributed by atoms with Crippen LogP contribution >= 0.6 is 23.7 Å². The number of halogens is 1. The maximum absolute atomic E-state index is 12.1. The number of nitrogens with one attached hydrogen (secondary N) is 1. The van der Waals surface area contributed by atoms with Gasteiger partial charge >= 0.3 is 0 Å². The molecule has 0 saturated carbocycles. The minimum absolute atomic E-state index is 0. The summed E-state index contributed by atoms with van der Waals surface area (Å²) in [7, 11) is 0. The van der Waals surface area contributed by atoms with Gasteiger partial charge < -0.3 is 11.1 Å². The molecule has 0 saturated heterocycles. The lowest BCUT2D eigenvalue weighted by Gasteiger charge is -2.25. The van der Waals surface area contributed by atoms with Crippen LogP contribution < -0.4 is 11.1 Å². The Morgan fingerprint density at radius 2 is 1.96 bits per heavy atom. The summed E-state index contributed by atoms with van der Waals surface area (Å²) < 4.78 is 0. The predicted molar refractivity (Wildman–Crippen MR) is 98.4 cm³/mol. The van der Waals surface area contributed by atoms with E-state index in [4.69, 9.17) is 5.73 Å². The molecular weight excluding hydrogens is 330 g/mol. The normalized spacial score (nSPS) is 11.0. The van der Waals surface area contributed by atoms with Gasteiger partial charge in [-0.05, 0) is 17.5 Å². The predicted octanol–water partition coefficient (Wildman–Crippen LogP) is 3.29. The standard InChI is InChI=1S/C17H23N3OS.ClH/c1-4-12-5-7-13(8-6-12)17(2,3)11-19-16(21)14-10-22-15(9-18)20-14;/h5-8,10H,4,9,11,18H2,1-3H3,(H,19,21);1H. The van der Waals surface area contributed by atoms with Crippen LogP contribution in [0.3, 0.4) is 0 Å². The molecule has 1 amide bonds. The molecule has 2 rings (SSSR count). The number of rotatable bonds is 6. The third-order valence-electron chi connectivity index (χ3n) is 3.79.